The summed E-state index contributed by atoms with van der Waals surface area (Å²) < 4.78 is 5.76. The van der Waals surface area contributed by atoms with Crippen molar-refractivity contribution in [3.05, 3.63) is 29.8 Å². The Labute approximate surface area is 114 Å². The Hall–Kier alpha value is -1.35. The van der Waals surface area contributed by atoms with Crippen molar-refractivity contribution in [1.82, 2.24) is 0 Å². The van der Waals surface area contributed by atoms with E-state index in [0.29, 0.717) is 6.10 Å². The SMILES string of the molecule is CC1(C(=O)c2cccc(OC3CC3)c2)CCCC1N. The lowest BCUT2D eigenvalue weighted by Gasteiger charge is -2.27. The molecule has 19 heavy (non-hydrogen) atoms. The van der Waals surface area contributed by atoms with Crippen molar-refractivity contribution in [3.8, 4) is 5.75 Å². The number of hydrogen-bond donors (Lipinski definition) is 1. The maximum atomic E-state index is 12.7. The molecule has 0 amide bonds. The Kier molecular flexibility index (Phi) is 3.09. The van der Waals surface area contributed by atoms with E-state index in [1.807, 2.05) is 31.2 Å². The van der Waals surface area contributed by atoms with Gasteiger partial charge < -0.3 is 10.5 Å². The van der Waals surface area contributed by atoms with Crippen LogP contribution in [0.5, 0.6) is 5.75 Å². The maximum absolute atomic E-state index is 12.7. The topological polar surface area (TPSA) is 52.3 Å². The van der Waals surface area contributed by atoms with E-state index in [1.54, 1.807) is 0 Å². The predicted molar refractivity (Wildman–Crippen MR) is 74.4 cm³/mol. The molecule has 2 aliphatic carbocycles. The lowest BCUT2D eigenvalue weighted by Crippen LogP contribution is -2.41. The fourth-order valence-corrected chi connectivity index (χ4v) is 2.89. The van der Waals surface area contributed by atoms with Crippen molar-refractivity contribution in [2.24, 2.45) is 11.1 Å². The van der Waals surface area contributed by atoms with E-state index in [-0.39, 0.29) is 11.8 Å². The average molecular weight is 259 g/mol. The molecule has 2 unspecified atom stereocenters. The summed E-state index contributed by atoms with van der Waals surface area (Å²) >= 11 is 0. The van der Waals surface area contributed by atoms with Crippen molar-refractivity contribution in [2.75, 3.05) is 0 Å². The van der Waals surface area contributed by atoms with Crippen LogP contribution in [0.3, 0.4) is 0 Å². The minimum atomic E-state index is -0.405. The highest BCUT2D eigenvalue weighted by molar-refractivity contribution is 6.01. The molecule has 2 fully saturated rings. The third kappa shape index (κ3) is 2.39. The minimum Gasteiger partial charge on any atom is -0.490 e. The predicted octanol–water partition coefficient (Wildman–Crippen LogP) is 2.93. The van der Waals surface area contributed by atoms with Gasteiger partial charge in [0, 0.05) is 17.0 Å². The van der Waals surface area contributed by atoms with Gasteiger partial charge in [-0.25, -0.2) is 0 Å². The lowest BCUT2D eigenvalue weighted by atomic mass is 9.78. The van der Waals surface area contributed by atoms with Gasteiger partial charge in [0.15, 0.2) is 5.78 Å². The second-order valence-corrected chi connectivity index (χ2v) is 6.09. The van der Waals surface area contributed by atoms with Crippen LogP contribution in [0.25, 0.3) is 0 Å². The smallest absolute Gasteiger partial charge is 0.170 e. The number of carbonyl (C=O) groups excluding carboxylic acids is 1. The molecule has 102 valence electrons. The van der Waals surface area contributed by atoms with E-state index < -0.39 is 5.41 Å². The maximum Gasteiger partial charge on any atom is 0.170 e. The highest BCUT2D eigenvalue weighted by Crippen LogP contribution is 2.40. The molecule has 3 rings (SSSR count). The number of ketones is 1. The van der Waals surface area contributed by atoms with Gasteiger partial charge >= 0.3 is 0 Å². The van der Waals surface area contributed by atoms with Crippen LogP contribution in [-0.2, 0) is 0 Å². The first-order valence-electron chi connectivity index (χ1n) is 7.17. The monoisotopic (exact) mass is 259 g/mol. The Balaban J connectivity index is 1.82. The summed E-state index contributed by atoms with van der Waals surface area (Å²) in [6.45, 7) is 2.00. The van der Waals surface area contributed by atoms with Gasteiger partial charge in [-0.1, -0.05) is 25.5 Å². The molecule has 0 aromatic heterocycles. The van der Waals surface area contributed by atoms with Gasteiger partial charge in [0.2, 0.25) is 0 Å². The van der Waals surface area contributed by atoms with E-state index in [9.17, 15) is 4.79 Å². The summed E-state index contributed by atoms with van der Waals surface area (Å²) in [5, 5.41) is 0. The van der Waals surface area contributed by atoms with Gasteiger partial charge in [-0.2, -0.15) is 0 Å². The average Bonchev–Trinajstić information content (AvgIpc) is 3.15. The Morgan fingerprint density at radius 2 is 2.16 bits per heavy atom. The third-order valence-electron chi connectivity index (χ3n) is 4.47. The number of rotatable bonds is 4. The summed E-state index contributed by atoms with van der Waals surface area (Å²) in [6, 6.07) is 7.55. The molecule has 0 spiro atoms. The molecule has 3 nitrogen and oxygen atoms in total. The molecule has 3 heteroatoms. The first kappa shape index (κ1) is 12.7. The van der Waals surface area contributed by atoms with Gasteiger partial charge in [-0.05, 0) is 37.8 Å². The standard InChI is InChI=1S/C16H21NO2/c1-16(9-3-6-14(16)17)15(18)11-4-2-5-13(10-11)19-12-7-8-12/h2,4-5,10,12,14H,3,6-9,17H2,1H3. The molecule has 2 atom stereocenters. The molecule has 2 N–H and O–H groups in total. The zero-order valence-electron chi connectivity index (χ0n) is 11.4. The van der Waals surface area contributed by atoms with E-state index in [2.05, 4.69) is 0 Å². The first-order valence-corrected chi connectivity index (χ1v) is 7.17. The molecule has 1 aromatic rings. The van der Waals surface area contributed by atoms with Crippen LogP contribution in [-0.4, -0.2) is 17.9 Å². The van der Waals surface area contributed by atoms with Crippen molar-refractivity contribution in [2.45, 2.75) is 51.2 Å². The van der Waals surface area contributed by atoms with Gasteiger partial charge in [-0.3, -0.25) is 4.79 Å². The first-order chi connectivity index (χ1) is 9.09. The fourth-order valence-electron chi connectivity index (χ4n) is 2.89. The molecule has 0 aliphatic heterocycles. The van der Waals surface area contributed by atoms with Crippen LogP contribution in [0.1, 0.15) is 49.4 Å². The van der Waals surface area contributed by atoms with Gasteiger partial charge in [0.1, 0.15) is 5.75 Å². The Bertz CT molecular complexity index is 495. The normalized spacial score (nSPS) is 30.3. The van der Waals surface area contributed by atoms with Crippen LogP contribution in [0, 0.1) is 5.41 Å². The molecule has 0 radical (unpaired) electrons. The van der Waals surface area contributed by atoms with Crippen LogP contribution in [0.2, 0.25) is 0 Å². The quantitative estimate of drug-likeness (QED) is 0.846. The highest BCUT2D eigenvalue weighted by atomic mass is 16.5. The third-order valence-corrected chi connectivity index (χ3v) is 4.47. The minimum absolute atomic E-state index is 0.0204. The lowest BCUT2D eigenvalue weighted by molar-refractivity contribution is 0.0802. The van der Waals surface area contributed by atoms with Crippen LogP contribution < -0.4 is 10.5 Å². The molecular weight excluding hydrogens is 238 g/mol. The molecule has 2 saturated carbocycles. The van der Waals surface area contributed by atoms with Gasteiger partial charge in [0.25, 0.3) is 0 Å². The largest absolute Gasteiger partial charge is 0.490 e. The number of ether oxygens (including phenoxy) is 1. The number of nitrogens with two attached hydrogens (primary N) is 1. The van der Waals surface area contributed by atoms with Crippen LogP contribution >= 0.6 is 0 Å². The van der Waals surface area contributed by atoms with Crippen LogP contribution in [0.15, 0.2) is 24.3 Å². The molecular formula is C16H21NO2. The second kappa shape index (κ2) is 4.64. The van der Waals surface area contributed by atoms with Crippen molar-refractivity contribution in [1.29, 1.82) is 0 Å². The summed E-state index contributed by atoms with van der Waals surface area (Å²) in [4.78, 5) is 12.7. The summed E-state index contributed by atoms with van der Waals surface area (Å²) in [5.74, 6) is 0.974. The number of hydrogen-bond acceptors (Lipinski definition) is 3. The number of Topliss-reactive ketones (excluding diaryl/α,β-unsaturated/α-hetero) is 1. The Morgan fingerprint density at radius 3 is 2.79 bits per heavy atom. The van der Waals surface area contributed by atoms with E-state index in [0.717, 1.165) is 43.4 Å². The van der Waals surface area contributed by atoms with Crippen molar-refractivity contribution < 1.29 is 9.53 Å². The van der Waals surface area contributed by atoms with Crippen molar-refractivity contribution >= 4 is 5.78 Å². The Morgan fingerprint density at radius 1 is 1.37 bits per heavy atom. The molecule has 0 saturated heterocycles. The highest BCUT2D eigenvalue weighted by Gasteiger charge is 2.43. The summed E-state index contributed by atoms with van der Waals surface area (Å²) in [6.07, 6.45) is 5.49. The van der Waals surface area contributed by atoms with Gasteiger partial charge in [-0.15, -0.1) is 0 Å². The molecule has 0 heterocycles. The van der Waals surface area contributed by atoms with E-state index in [4.69, 9.17) is 10.5 Å². The second-order valence-electron chi connectivity index (χ2n) is 6.09. The molecule has 2 aliphatic rings. The molecule has 0 bridgehead atoms. The van der Waals surface area contributed by atoms with E-state index in [1.165, 1.54) is 0 Å². The van der Waals surface area contributed by atoms with E-state index >= 15 is 0 Å². The fraction of sp³-hybridized carbons (Fsp3) is 0.562. The van der Waals surface area contributed by atoms with Crippen LogP contribution in [0.4, 0.5) is 0 Å². The zero-order chi connectivity index (χ0) is 13.5. The summed E-state index contributed by atoms with van der Waals surface area (Å²) in [7, 11) is 0. The number of carbonyl (C=O) groups is 1. The zero-order valence-corrected chi connectivity index (χ0v) is 11.4. The molecule has 1 aromatic carbocycles. The van der Waals surface area contributed by atoms with Gasteiger partial charge in [0.05, 0.1) is 6.10 Å². The number of benzene rings is 1. The van der Waals surface area contributed by atoms with Crippen molar-refractivity contribution in [3.63, 3.8) is 0 Å². The summed E-state index contributed by atoms with van der Waals surface area (Å²) in [5.41, 5.74) is 6.46.